The Morgan fingerprint density at radius 1 is 1.27 bits per heavy atom. The number of phenols is 1. The summed E-state index contributed by atoms with van der Waals surface area (Å²) in [6.45, 7) is 2.75. The molecule has 2 aromatic rings. The van der Waals surface area contributed by atoms with Crippen molar-refractivity contribution in [1.82, 2.24) is 4.90 Å². The lowest BCUT2D eigenvalue weighted by Crippen LogP contribution is -2.49. The predicted octanol–water partition coefficient (Wildman–Crippen LogP) is 2.69. The van der Waals surface area contributed by atoms with Gasteiger partial charge in [0.2, 0.25) is 6.10 Å². The summed E-state index contributed by atoms with van der Waals surface area (Å²) in [6.07, 6.45) is 0.0144. The van der Waals surface area contributed by atoms with Gasteiger partial charge < -0.3 is 24.2 Å². The zero-order chi connectivity index (χ0) is 18.3. The molecule has 2 heterocycles. The summed E-state index contributed by atoms with van der Waals surface area (Å²) >= 11 is 0. The number of rotatable bonds is 2. The van der Waals surface area contributed by atoms with Gasteiger partial charge >= 0.3 is 0 Å². The number of fused-ring (bicyclic) bond motifs is 2. The summed E-state index contributed by atoms with van der Waals surface area (Å²) in [7, 11) is 1.52. The minimum Gasteiger partial charge on any atom is -0.504 e. The molecule has 0 aromatic heterocycles. The molecular weight excluding hydrogens is 334 g/mol. The third kappa shape index (κ3) is 2.71. The number of hydrogen-bond acceptors (Lipinski definition) is 5. The van der Waals surface area contributed by atoms with Gasteiger partial charge in [-0.3, -0.25) is 4.79 Å². The van der Waals surface area contributed by atoms with Crippen molar-refractivity contribution in [3.05, 3.63) is 47.5 Å². The fourth-order valence-corrected chi connectivity index (χ4v) is 3.63. The summed E-state index contributed by atoms with van der Waals surface area (Å²) in [5, 5.41) is 9.98. The van der Waals surface area contributed by atoms with E-state index in [9.17, 15) is 9.90 Å². The standard InChI is InChI=1S/C20H21NO5/c1-12-14-10-18(24-2)15(22)9-13(14)7-8-21(12)20(23)19-11-25-16-5-3-4-6-17(16)26-19/h3-6,9-10,12,19,22H,7-8,11H2,1-2H3. The van der Waals surface area contributed by atoms with Gasteiger partial charge in [-0.1, -0.05) is 12.1 Å². The molecule has 0 saturated carbocycles. The molecule has 1 N–H and O–H groups in total. The Balaban J connectivity index is 1.57. The van der Waals surface area contributed by atoms with E-state index in [4.69, 9.17) is 14.2 Å². The van der Waals surface area contributed by atoms with Crippen LogP contribution in [0.2, 0.25) is 0 Å². The molecule has 6 nitrogen and oxygen atoms in total. The van der Waals surface area contributed by atoms with Crippen LogP contribution in [0.15, 0.2) is 36.4 Å². The van der Waals surface area contributed by atoms with Crippen molar-refractivity contribution in [2.45, 2.75) is 25.5 Å². The van der Waals surface area contributed by atoms with Crippen molar-refractivity contribution in [2.75, 3.05) is 20.3 Å². The molecule has 0 bridgehead atoms. The summed E-state index contributed by atoms with van der Waals surface area (Å²) in [6, 6.07) is 10.8. The lowest BCUT2D eigenvalue weighted by Gasteiger charge is -2.38. The van der Waals surface area contributed by atoms with Crippen LogP contribution >= 0.6 is 0 Å². The lowest BCUT2D eigenvalue weighted by molar-refractivity contribution is -0.143. The average molecular weight is 355 g/mol. The van der Waals surface area contributed by atoms with Gasteiger partial charge in [0, 0.05) is 6.54 Å². The lowest BCUT2D eigenvalue weighted by atomic mass is 9.92. The summed E-state index contributed by atoms with van der Waals surface area (Å²) in [5.41, 5.74) is 2.02. The van der Waals surface area contributed by atoms with Crippen molar-refractivity contribution in [2.24, 2.45) is 0 Å². The van der Waals surface area contributed by atoms with Crippen molar-refractivity contribution in [1.29, 1.82) is 0 Å². The van der Waals surface area contributed by atoms with Crippen molar-refractivity contribution in [3.63, 3.8) is 0 Å². The van der Waals surface area contributed by atoms with E-state index in [1.807, 2.05) is 31.2 Å². The number of hydrogen-bond donors (Lipinski definition) is 1. The average Bonchev–Trinajstić information content (AvgIpc) is 2.67. The van der Waals surface area contributed by atoms with Crippen LogP contribution in [0.3, 0.4) is 0 Å². The van der Waals surface area contributed by atoms with Crippen molar-refractivity contribution in [3.8, 4) is 23.0 Å². The molecule has 6 heteroatoms. The van der Waals surface area contributed by atoms with Gasteiger partial charge in [-0.2, -0.15) is 0 Å². The van der Waals surface area contributed by atoms with Crippen LogP contribution in [0.1, 0.15) is 24.1 Å². The maximum Gasteiger partial charge on any atom is 0.267 e. The summed E-state index contributed by atoms with van der Waals surface area (Å²) < 4.78 is 16.8. The van der Waals surface area contributed by atoms with E-state index in [0.29, 0.717) is 30.2 Å². The highest BCUT2D eigenvalue weighted by atomic mass is 16.6. The number of nitrogens with zero attached hydrogens (tertiary/aromatic N) is 1. The Hall–Kier alpha value is -2.89. The Bertz CT molecular complexity index is 850. The smallest absolute Gasteiger partial charge is 0.267 e. The molecule has 2 atom stereocenters. The van der Waals surface area contributed by atoms with Crippen LogP contribution < -0.4 is 14.2 Å². The minimum absolute atomic E-state index is 0.0929. The molecule has 0 radical (unpaired) electrons. The number of ether oxygens (including phenoxy) is 3. The second-order valence-electron chi connectivity index (χ2n) is 6.54. The van der Waals surface area contributed by atoms with E-state index in [0.717, 1.165) is 11.1 Å². The molecule has 2 aliphatic heterocycles. The quantitative estimate of drug-likeness (QED) is 0.897. The Kier molecular flexibility index (Phi) is 4.11. The Morgan fingerprint density at radius 2 is 2.04 bits per heavy atom. The van der Waals surface area contributed by atoms with E-state index in [2.05, 4.69) is 0 Å². The van der Waals surface area contributed by atoms with Gasteiger partial charge in [0.15, 0.2) is 23.0 Å². The molecule has 0 aliphatic carbocycles. The SMILES string of the molecule is COc1cc2c(cc1O)CCN(C(=O)C1COc3ccccc3O1)C2C. The van der Waals surface area contributed by atoms with Crippen LogP contribution in [0.25, 0.3) is 0 Å². The normalized spacial score (nSPS) is 21.1. The minimum atomic E-state index is -0.659. The molecule has 26 heavy (non-hydrogen) atoms. The maximum atomic E-state index is 13.0. The van der Waals surface area contributed by atoms with Gasteiger partial charge in [0.25, 0.3) is 5.91 Å². The third-order valence-corrected chi connectivity index (χ3v) is 5.05. The number of methoxy groups -OCH3 is 1. The van der Waals surface area contributed by atoms with Gasteiger partial charge in [-0.05, 0) is 48.7 Å². The van der Waals surface area contributed by atoms with Crippen molar-refractivity contribution >= 4 is 5.91 Å². The number of carbonyl (C=O) groups excluding carboxylic acids is 1. The van der Waals surface area contributed by atoms with E-state index < -0.39 is 6.10 Å². The maximum absolute atomic E-state index is 13.0. The second kappa shape index (κ2) is 6.44. The van der Waals surface area contributed by atoms with Crippen LogP contribution in [-0.4, -0.2) is 42.3 Å². The first kappa shape index (κ1) is 16.6. The summed E-state index contributed by atoms with van der Waals surface area (Å²) in [5.74, 6) is 1.70. The van der Waals surface area contributed by atoms with E-state index in [1.54, 1.807) is 17.0 Å². The second-order valence-corrected chi connectivity index (χ2v) is 6.54. The number of para-hydroxylation sites is 2. The van der Waals surface area contributed by atoms with Crippen LogP contribution in [-0.2, 0) is 11.2 Å². The number of aromatic hydroxyl groups is 1. The van der Waals surface area contributed by atoms with Crippen molar-refractivity contribution < 1.29 is 24.1 Å². The number of carbonyl (C=O) groups is 1. The fourth-order valence-electron chi connectivity index (χ4n) is 3.63. The highest BCUT2D eigenvalue weighted by Crippen LogP contribution is 2.38. The largest absolute Gasteiger partial charge is 0.504 e. The zero-order valence-electron chi connectivity index (χ0n) is 14.8. The Labute approximate surface area is 151 Å². The topological polar surface area (TPSA) is 68.2 Å². The molecule has 4 rings (SSSR count). The van der Waals surface area contributed by atoms with E-state index in [1.165, 1.54) is 7.11 Å². The highest BCUT2D eigenvalue weighted by Gasteiger charge is 2.36. The molecule has 136 valence electrons. The molecule has 0 fully saturated rings. The summed E-state index contributed by atoms with van der Waals surface area (Å²) in [4.78, 5) is 14.9. The fraction of sp³-hybridized carbons (Fsp3) is 0.350. The first-order valence-corrected chi connectivity index (χ1v) is 8.67. The monoisotopic (exact) mass is 355 g/mol. The van der Waals surface area contributed by atoms with Gasteiger partial charge in [0.05, 0.1) is 13.2 Å². The predicted molar refractivity (Wildman–Crippen MR) is 94.8 cm³/mol. The van der Waals surface area contributed by atoms with Gasteiger partial charge in [-0.15, -0.1) is 0 Å². The molecule has 0 spiro atoms. The number of phenolic OH excluding ortho intramolecular Hbond substituents is 1. The highest BCUT2D eigenvalue weighted by molar-refractivity contribution is 5.82. The zero-order valence-corrected chi connectivity index (χ0v) is 14.8. The molecule has 2 aliphatic rings. The molecule has 2 unspecified atom stereocenters. The van der Waals surface area contributed by atoms with E-state index >= 15 is 0 Å². The van der Waals surface area contributed by atoms with Crippen LogP contribution in [0.5, 0.6) is 23.0 Å². The Morgan fingerprint density at radius 3 is 2.81 bits per heavy atom. The number of amides is 1. The first-order chi connectivity index (χ1) is 12.6. The molecular formula is C20H21NO5. The van der Waals surface area contributed by atoms with Gasteiger partial charge in [-0.25, -0.2) is 0 Å². The number of benzene rings is 2. The van der Waals surface area contributed by atoms with Crippen LogP contribution in [0, 0.1) is 0 Å². The third-order valence-electron chi connectivity index (χ3n) is 5.05. The molecule has 1 amide bonds. The van der Waals surface area contributed by atoms with Gasteiger partial charge in [0.1, 0.15) is 6.61 Å². The first-order valence-electron chi connectivity index (χ1n) is 8.67. The van der Waals surface area contributed by atoms with Crippen LogP contribution in [0.4, 0.5) is 0 Å². The molecule has 2 aromatic carbocycles. The van der Waals surface area contributed by atoms with E-state index in [-0.39, 0.29) is 24.3 Å². The molecule has 0 saturated heterocycles.